The SMILES string of the molecule is CC(C(=O)O)c1c(O)cccc1NC(=O)c1nc(Cl)c2ccccc2c1O. The third-order valence-electron chi connectivity index (χ3n) is 4.19. The number of carboxylic acids is 1. The molecule has 1 unspecified atom stereocenters. The number of pyridine rings is 1. The van der Waals surface area contributed by atoms with Gasteiger partial charge < -0.3 is 20.6 Å². The van der Waals surface area contributed by atoms with Gasteiger partial charge in [0.15, 0.2) is 11.4 Å². The molecule has 1 aromatic heterocycles. The number of amides is 1. The van der Waals surface area contributed by atoms with Crippen molar-refractivity contribution in [1.29, 1.82) is 0 Å². The van der Waals surface area contributed by atoms with Crippen molar-refractivity contribution >= 4 is 39.9 Å². The van der Waals surface area contributed by atoms with Crippen LogP contribution in [0, 0.1) is 0 Å². The quantitative estimate of drug-likeness (QED) is 0.507. The lowest BCUT2D eigenvalue weighted by Gasteiger charge is -2.16. The zero-order chi connectivity index (χ0) is 19.7. The number of nitrogens with zero attached hydrogens (tertiary/aromatic N) is 1. The van der Waals surface area contributed by atoms with E-state index in [0.717, 1.165) is 0 Å². The van der Waals surface area contributed by atoms with Crippen LogP contribution in [0.4, 0.5) is 5.69 Å². The van der Waals surface area contributed by atoms with E-state index in [2.05, 4.69) is 10.3 Å². The van der Waals surface area contributed by atoms with Crippen LogP contribution >= 0.6 is 11.6 Å². The third-order valence-corrected chi connectivity index (χ3v) is 4.48. The molecule has 1 heterocycles. The van der Waals surface area contributed by atoms with E-state index < -0.39 is 17.8 Å². The average molecular weight is 387 g/mol. The van der Waals surface area contributed by atoms with E-state index in [0.29, 0.717) is 10.8 Å². The molecular weight excluding hydrogens is 372 g/mol. The van der Waals surface area contributed by atoms with Crippen molar-refractivity contribution in [2.24, 2.45) is 0 Å². The number of carboxylic acid groups (broad SMARTS) is 1. The fourth-order valence-corrected chi connectivity index (χ4v) is 3.04. The highest BCUT2D eigenvalue weighted by molar-refractivity contribution is 6.35. The average Bonchev–Trinajstić information content (AvgIpc) is 2.64. The van der Waals surface area contributed by atoms with E-state index in [1.807, 2.05) is 0 Å². The van der Waals surface area contributed by atoms with Crippen LogP contribution in [0.1, 0.15) is 28.9 Å². The Balaban J connectivity index is 2.05. The molecule has 0 saturated heterocycles. The standard InChI is InChI=1S/C19H15ClN2O5/c1-9(19(26)27)14-12(7-4-8-13(14)23)21-18(25)15-16(24)10-5-2-3-6-11(10)17(20)22-15/h2-9,23-24H,1H3,(H,21,25)(H,26,27). The second-order valence-electron chi connectivity index (χ2n) is 5.90. The van der Waals surface area contributed by atoms with E-state index >= 15 is 0 Å². The van der Waals surface area contributed by atoms with Crippen molar-refractivity contribution in [3.63, 3.8) is 0 Å². The Morgan fingerprint density at radius 1 is 1.07 bits per heavy atom. The first-order chi connectivity index (χ1) is 12.8. The first kappa shape index (κ1) is 18.5. The fourth-order valence-electron chi connectivity index (χ4n) is 2.79. The molecule has 0 radical (unpaired) electrons. The van der Waals surface area contributed by atoms with E-state index in [4.69, 9.17) is 11.6 Å². The zero-order valence-electron chi connectivity index (χ0n) is 14.1. The number of aliphatic carboxylic acids is 1. The van der Waals surface area contributed by atoms with Gasteiger partial charge >= 0.3 is 5.97 Å². The van der Waals surface area contributed by atoms with Crippen molar-refractivity contribution < 1.29 is 24.9 Å². The molecule has 0 spiro atoms. The minimum absolute atomic E-state index is 0.0450. The Morgan fingerprint density at radius 2 is 1.74 bits per heavy atom. The van der Waals surface area contributed by atoms with Gasteiger partial charge in [-0.3, -0.25) is 9.59 Å². The number of carbonyl (C=O) groups excluding carboxylic acids is 1. The number of anilines is 1. The van der Waals surface area contributed by atoms with Crippen molar-refractivity contribution in [1.82, 2.24) is 4.98 Å². The van der Waals surface area contributed by atoms with Crippen LogP contribution in [-0.4, -0.2) is 32.2 Å². The first-order valence-electron chi connectivity index (χ1n) is 7.94. The molecule has 0 fully saturated rings. The number of fused-ring (bicyclic) bond motifs is 1. The summed E-state index contributed by atoms with van der Waals surface area (Å²) in [7, 11) is 0. The summed E-state index contributed by atoms with van der Waals surface area (Å²) in [6, 6.07) is 10.9. The summed E-state index contributed by atoms with van der Waals surface area (Å²) in [5.41, 5.74) is -0.166. The number of phenols is 1. The molecule has 0 bridgehead atoms. The van der Waals surface area contributed by atoms with Gasteiger partial charge in [0.2, 0.25) is 0 Å². The molecule has 0 aliphatic rings. The summed E-state index contributed by atoms with van der Waals surface area (Å²) in [4.78, 5) is 27.9. The lowest BCUT2D eigenvalue weighted by Crippen LogP contribution is -2.17. The topological polar surface area (TPSA) is 120 Å². The Kier molecular flexibility index (Phi) is 4.87. The predicted molar refractivity (Wildman–Crippen MR) is 101 cm³/mol. The van der Waals surface area contributed by atoms with Crippen LogP contribution in [0.3, 0.4) is 0 Å². The maximum Gasteiger partial charge on any atom is 0.310 e. The van der Waals surface area contributed by atoms with Crippen molar-refractivity contribution in [3.05, 3.63) is 58.9 Å². The second-order valence-corrected chi connectivity index (χ2v) is 6.26. The predicted octanol–water partition coefficient (Wildman–Crippen LogP) is 3.74. The van der Waals surface area contributed by atoms with E-state index in [1.165, 1.54) is 25.1 Å². The monoisotopic (exact) mass is 386 g/mol. The molecule has 138 valence electrons. The second kappa shape index (κ2) is 7.13. The molecule has 27 heavy (non-hydrogen) atoms. The molecule has 7 nitrogen and oxygen atoms in total. The normalized spacial score (nSPS) is 11.9. The molecule has 3 aromatic rings. The minimum atomic E-state index is -1.17. The molecule has 8 heteroatoms. The number of phenolic OH excluding ortho intramolecular Hbond substituents is 1. The highest BCUT2D eigenvalue weighted by atomic mass is 35.5. The van der Waals surface area contributed by atoms with E-state index in [1.54, 1.807) is 24.3 Å². The highest BCUT2D eigenvalue weighted by Gasteiger charge is 2.24. The van der Waals surface area contributed by atoms with E-state index in [-0.39, 0.29) is 33.6 Å². The molecule has 0 aliphatic carbocycles. The molecule has 0 saturated carbocycles. The minimum Gasteiger partial charge on any atom is -0.508 e. The summed E-state index contributed by atoms with van der Waals surface area (Å²) >= 11 is 6.11. The number of aromatic nitrogens is 1. The number of benzene rings is 2. The maximum atomic E-state index is 12.7. The van der Waals surface area contributed by atoms with Crippen LogP contribution in [0.2, 0.25) is 5.15 Å². The van der Waals surface area contributed by atoms with Crippen LogP contribution < -0.4 is 5.32 Å². The van der Waals surface area contributed by atoms with Gasteiger partial charge in [0.1, 0.15) is 10.9 Å². The van der Waals surface area contributed by atoms with Gasteiger partial charge in [0.05, 0.1) is 5.92 Å². The fraction of sp³-hybridized carbons (Fsp3) is 0.105. The highest BCUT2D eigenvalue weighted by Crippen LogP contribution is 2.35. The summed E-state index contributed by atoms with van der Waals surface area (Å²) in [6.07, 6.45) is 0. The van der Waals surface area contributed by atoms with Gasteiger partial charge in [-0.25, -0.2) is 4.98 Å². The van der Waals surface area contributed by atoms with Gasteiger partial charge in [0.25, 0.3) is 5.91 Å². The van der Waals surface area contributed by atoms with Crippen LogP contribution in [0.5, 0.6) is 11.5 Å². The largest absolute Gasteiger partial charge is 0.508 e. The summed E-state index contributed by atoms with van der Waals surface area (Å²) < 4.78 is 0. The number of hydrogen-bond acceptors (Lipinski definition) is 5. The molecule has 0 aliphatic heterocycles. The Hall–Kier alpha value is -3.32. The number of aromatic hydroxyl groups is 2. The van der Waals surface area contributed by atoms with Crippen molar-refractivity contribution in [2.45, 2.75) is 12.8 Å². The van der Waals surface area contributed by atoms with Crippen molar-refractivity contribution in [2.75, 3.05) is 5.32 Å². The first-order valence-corrected chi connectivity index (χ1v) is 8.32. The zero-order valence-corrected chi connectivity index (χ0v) is 14.9. The van der Waals surface area contributed by atoms with Crippen molar-refractivity contribution in [3.8, 4) is 11.5 Å². The number of carbonyl (C=O) groups is 2. The van der Waals surface area contributed by atoms with Crippen LogP contribution in [-0.2, 0) is 4.79 Å². The molecule has 3 rings (SSSR count). The summed E-state index contributed by atoms with van der Waals surface area (Å²) in [5, 5.41) is 33.1. The summed E-state index contributed by atoms with van der Waals surface area (Å²) in [5.74, 6) is -3.63. The molecular formula is C19H15ClN2O5. The lowest BCUT2D eigenvalue weighted by molar-refractivity contribution is -0.138. The van der Waals surface area contributed by atoms with Gasteiger partial charge in [-0.15, -0.1) is 0 Å². The molecule has 1 atom stereocenters. The van der Waals surface area contributed by atoms with E-state index in [9.17, 15) is 24.9 Å². The molecule has 2 aromatic carbocycles. The Morgan fingerprint density at radius 3 is 2.41 bits per heavy atom. The molecule has 4 N–H and O–H groups in total. The van der Waals surface area contributed by atoms with Gasteiger partial charge in [-0.1, -0.05) is 41.9 Å². The lowest BCUT2D eigenvalue weighted by atomic mass is 9.98. The smallest absolute Gasteiger partial charge is 0.310 e. The van der Waals surface area contributed by atoms with Crippen LogP contribution in [0.25, 0.3) is 10.8 Å². The maximum absolute atomic E-state index is 12.7. The number of hydrogen-bond donors (Lipinski definition) is 4. The Labute approximate surface area is 158 Å². The Bertz CT molecular complexity index is 1070. The van der Waals surface area contributed by atoms with Gasteiger partial charge in [0, 0.05) is 22.0 Å². The number of nitrogens with one attached hydrogen (secondary N) is 1. The van der Waals surface area contributed by atoms with Crippen LogP contribution in [0.15, 0.2) is 42.5 Å². The van der Waals surface area contributed by atoms with Gasteiger partial charge in [-0.05, 0) is 19.1 Å². The van der Waals surface area contributed by atoms with Gasteiger partial charge in [-0.2, -0.15) is 0 Å². The number of rotatable bonds is 4. The third kappa shape index (κ3) is 3.37. The number of halogens is 1. The molecule has 1 amide bonds. The summed E-state index contributed by atoms with van der Waals surface area (Å²) in [6.45, 7) is 1.38.